The fourth-order valence-electron chi connectivity index (χ4n) is 7.08. The first-order valence-corrected chi connectivity index (χ1v) is 17.4. The van der Waals surface area contributed by atoms with Gasteiger partial charge >= 0.3 is 0 Å². The third-order valence-electron chi connectivity index (χ3n) is 9.76. The van der Waals surface area contributed by atoms with Crippen LogP contribution in [0.5, 0.6) is 0 Å². The van der Waals surface area contributed by atoms with Gasteiger partial charge in [-0.1, -0.05) is 58.4 Å². The van der Waals surface area contributed by atoms with E-state index in [1.165, 1.54) is 73.0 Å². The molecule has 0 spiro atoms. The van der Waals surface area contributed by atoms with E-state index in [1.54, 1.807) is 0 Å². The van der Waals surface area contributed by atoms with Crippen molar-refractivity contribution in [2.75, 3.05) is 27.2 Å². The highest BCUT2D eigenvalue weighted by Gasteiger charge is 2.25. The molecule has 1 aliphatic heterocycles. The molecule has 4 rings (SSSR count). The number of hydrogen-bond donors (Lipinski definition) is 0. The third kappa shape index (κ3) is 9.37. The van der Waals surface area contributed by atoms with Crippen molar-refractivity contribution in [3.05, 3.63) is 69.3 Å². The molecule has 0 aromatic heterocycles. The highest BCUT2D eigenvalue weighted by atomic mass is 16.1. The van der Waals surface area contributed by atoms with Gasteiger partial charge in [-0.25, -0.2) is 0 Å². The molecule has 0 bridgehead atoms. The second-order valence-corrected chi connectivity index (χ2v) is 12.7. The summed E-state index contributed by atoms with van der Waals surface area (Å²) in [6, 6.07) is 11.7. The maximum Gasteiger partial charge on any atom is 0.166 e. The molecule has 2 atom stereocenters. The second-order valence-electron chi connectivity index (χ2n) is 12.7. The number of aryl methyl sites for hydroxylation is 5. The average Bonchev–Trinajstić information content (AvgIpc) is 3.21. The zero-order valence-corrected chi connectivity index (χ0v) is 28.2. The van der Waals surface area contributed by atoms with E-state index in [2.05, 4.69) is 68.0 Å². The summed E-state index contributed by atoms with van der Waals surface area (Å²) in [6.45, 7) is 13.1. The van der Waals surface area contributed by atoms with Crippen LogP contribution >= 0.6 is 0 Å². The quantitative estimate of drug-likeness (QED) is 0.210. The lowest BCUT2D eigenvalue weighted by molar-refractivity contribution is 0.0903. The van der Waals surface area contributed by atoms with Gasteiger partial charge in [0, 0.05) is 24.2 Å². The first kappa shape index (κ1) is 34.2. The molecule has 1 fully saturated rings. The summed E-state index contributed by atoms with van der Waals surface area (Å²) >= 11 is 0. The summed E-state index contributed by atoms with van der Waals surface area (Å²) in [6.07, 6.45) is 16.0. The molecular weight excluding hydrogens is 512 g/mol. The molecule has 1 aliphatic carbocycles. The summed E-state index contributed by atoms with van der Waals surface area (Å²) in [5.74, 6) is 1.33. The Labute approximate surface area is 258 Å². The van der Waals surface area contributed by atoms with Crippen LogP contribution in [0.1, 0.15) is 136 Å². The Balaban J connectivity index is 0.00000237. The van der Waals surface area contributed by atoms with Crippen molar-refractivity contribution in [2.45, 2.75) is 125 Å². The van der Waals surface area contributed by atoms with Crippen LogP contribution < -0.4 is 0 Å². The van der Waals surface area contributed by atoms with Gasteiger partial charge in [0.2, 0.25) is 0 Å². The van der Waals surface area contributed by atoms with E-state index < -0.39 is 0 Å². The molecule has 0 radical (unpaired) electrons. The first-order chi connectivity index (χ1) is 20.4. The van der Waals surface area contributed by atoms with Crippen LogP contribution in [0.4, 0.5) is 0 Å². The summed E-state index contributed by atoms with van der Waals surface area (Å²) in [4.78, 5) is 21.1. The Hall–Kier alpha value is -2.26. The Morgan fingerprint density at radius 1 is 0.929 bits per heavy atom. The van der Waals surface area contributed by atoms with E-state index in [0.29, 0.717) is 5.78 Å². The summed E-state index contributed by atoms with van der Waals surface area (Å²) < 4.78 is 0. The number of unbranched alkanes of at least 4 members (excludes halogenated alkanes) is 1. The number of ketones is 1. The maximum atomic E-state index is 14.0. The summed E-state index contributed by atoms with van der Waals surface area (Å²) in [7, 11) is 4.17. The van der Waals surface area contributed by atoms with Crippen molar-refractivity contribution < 1.29 is 4.79 Å². The zero-order valence-electron chi connectivity index (χ0n) is 28.2. The van der Waals surface area contributed by atoms with Gasteiger partial charge < -0.3 is 4.90 Å². The van der Waals surface area contributed by atoms with Gasteiger partial charge in [-0.2, -0.15) is 0 Å². The van der Waals surface area contributed by atoms with Gasteiger partial charge in [0.15, 0.2) is 5.78 Å². The van der Waals surface area contributed by atoms with E-state index in [0.717, 1.165) is 80.5 Å². The van der Waals surface area contributed by atoms with Gasteiger partial charge in [-0.3, -0.25) is 9.79 Å². The third-order valence-corrected chi connectivity index (χ3v) is 9.76. The molecule has 2 aromatic rings. The summed E-state index contributed by atoms with van der Waals surface area (Å²) in [5, 5.41) is 0. The number of carbonyl (C=O) groups is 1. The van der Waals surface area contributed by atoms with Crippen LogP contribution in [-0.2, 0) is 25.7 Å². The minimum Gasteiger partial charge on any atom is -0.306 e. The predicted octanol–water partition coefficient (Wildman–Crippen LogP) is 9.63. The highest BCUT2D eigenvalue weighted by molar-refractivity contribution is 6.06. The molecule has 2 aliphatic rings. The number of nitrogens with zero attached hydrogens (tertiary/aromatic N) is 2. The van der Waals surface area contributed by atoms with E-state index in [9.17, 15) is 4.79 Å². The van der Waals surface area contributed by atoms with Crippen LogP contribution in [0.3, 0.4) is 0 Å². The van der Waals surface area contributed by atoms with Crippen molar-refractivity contribution in [1.82, 2.24) is 4.90 Å². The average molecular weight is 573 g/mol. The Morgan fingerprint density at radius 3 is 2.48 bits per heavy atom. The molecule has 0 N–H and O–H groups in total. The van der Waals surface area contributed by atoms with Crippen molar-refractivity contribution in [2.24, 2.45) is 16.8 Å². The van der Waals surface area contributed by atoms with E-state index >= 15 is 0 Å². The van der Waals surface area contributed by atoms with Gasteiger partial charge in [0.1, 0.15) is 0 Å². The molecular formula is C39H60N2O. The maximum absolute atomic E-state index is 14.0. The van der Waals surface area contributed by atoms with Gasteiger partial charge in [0.25, 0.3) is 0 Å². The van der Waals surface area contributed by atoms with Gasteiger partial charge in [-0.05, 0) is 156 Å². The lowest BCUT2D eigenvalue weighted by atomic mass is 9.81. The molecule has 1 heterocycles. The molecule has 2 unspecified atom stereocenters. The fourth-order valence-corrected chi connectivity index (χ4v) is 7.08. The van der Waals surface area contributed by atoms with Crippen molar-refractivity contribution in [3.8, 4) is 0 Å². The van der Waals surface area contributed by atoms with Crippen LogP contribution in [0.25, 0.3) is 0 Å². The van der Waals surface area contributed by atoms with Gasteiger partial charge in [-0.15, -0.1) is 0 Å². The molecule has 1 saturated heterocycles. The zero-order chi connectivity index (χ0) is 30.5. The molecule has 2 aromatic carbocycles. The number of benzene rings is 2. The first-order valence-electron chi connectivity index (χ1n) is 17.4. The highest BCUT2D eigenvalue weighted by Crippen LogP contribution is 2.30. The van der Waals surface area contributed by atoms with Crippen LogP contribution in [0.2, 0.25) is 0 Å². The van der Waals surface area contributed by atoms with Crippen molar-refractivity contribution in [1.29, 1.82) is 0 Å². The summed E-state index contributed by atoms with van der Waals surface area (Å²) in [5.41, 5.74) is 10.2. The normalized spacial score (nSPS) is 20.0. The SMILES string of the molecule is CC.CCCCC(=NC)c1cc(C(=O)C2CCCc3cc(CCC4CCCN(C)CC4)ccc3CC2)c(C)cc1CC. The smallest absolute Gasteiger partial charge is 0.166 e. The Kier molecular flexibility index (Phi) is 14.5. The molecule has 3 nitrogen and oxygen atoms in total. The number of rotatable bonds is 10. The number of Topliss-reactive ketones (excluding diaryl/α,β-unsaturated/α-hetero) is 1. The number of hydrogen-bond acceptors (Lipinski definition) is 3. The lowest BCUT2D eigenvalue weighted by Crippen LogP contribution is -2.20. The number of fused-ring (bicyclic) bond motifs is 1. The van der Waals surface area contributed by atoms with Crippen molar-refractivity contribution in [3.63, 3.8) is 0 Å². The van der Waals surface area contributed by atoms with E-state index in [1.807, 2.05) is 20.9 Å². The molecule has 3 heteroatoms. The molecule has 42 heavy (non-hydrogen) atoms. The second kappa shape index (κ2) is 17.8. The molecule has 0 saturated carbocycles. The van der Waals surface area contributed by atoms with Crippen molar-refractivity contribution >= 4 is 11.5 Å². The minimum absolute atomic E-state index is 0.109. The molecule has 232 valence electrons. The fraction of sp³-hybridized carbons (Fsp3) is 0.641. The Morgan fingerprint density at radius 2 is 1.74 bits per heavy atom. The van der Waals surface area contributed by atoms with E-state index in [4.69, 9.17) is 0 Å². The number of likely N-dealkylation sites (tertiary alicyclic amines) is 1. The Bertz CT molecular complexity index is 1160. The number of aliphatic imine (C=N–C) groups is 1. The number of carbonyl (C=O) groups excluding carboxylic acids is 1. The van der Waals surface area contributed by atoms with Crippen LogP contribution in [0.15, 0.2) is 35.3 Å². The van der Waals surface area contributed by atoms with E-state index in [-0.39, 0.29) is 5.92 Å². The molecule has 0 amide bonds. The monoisotopic (exact) mass is 572 g/mol. The van der Waals surface area contributed by atoms with Gasteiger partial charge in [0.05, 0.1) is 0 Å². The van der Waals surface area contributed by atoms with Crippen LogP contribution in [-0.4, -0.2) is 43.6 Å². The standard InChI is InChI=1S/C37H54N2O.C2H6/c1-6-8-14-36(38-4)35-26-34(27(3)24-30(35)7-2)37(40)32-12-9-13-33-25-29(17-18-31(33)19-20-32)16-15-28-11-10-22-39(5)23-21-28;1-2/h17-18,24-26,28,32H,6-16,19-23H2,1-5H3;1-2H3. The lowest BCUT2D eigenvalue weighted by Gasteiger charge is -2.23. The minimum atomic E-state index is 0.109. The van der Waals surface area contributed by atoms with Crippen LogP contribution in [0, 0.1) is 18.8 Å². The predicted molar refractivity (Wildman–Crippen MR) is 183 cm³/mol. The topological polar surface area (TPSA) is 32.7 Å². The largest absolute Gasteiger partial charge is 0.306 e.